The van der Waals surface area contributed by atoms with E-state index in [9.17, 15) is 0 Å². The van der Waals surface area contributed by atoms with Crippen molar-refractivity contribution in [3.8, 4) is 39.1 Å². The molecule has 0 N–H and O–H groups in total. The summed E-state index contributed by atoms with van der Waals surface area (Å²) in [6.45, 7) is 8.81. The molecule has 0 aliphatic heterocycles. The van der Waals surface area contributed by atoms with E-state index >= 15 is 0 Å². The zero-order valence-electron chi connectivity index (χ0n) is 48.0. The molecule has 1 aromatic heterocycles. The van der Waals surface area contributed by atoms with Gasteiger partial charge in [-0.2, -0.15) is 0 Å². The second-order valence-corrected chi connectivity index (χ2v) is 24.6. The van der Waals surface area contributed by atoms with E-state index in [-0.39, 0.29) is 0 Å². The van der Waals surface area contributed by atoms with Crippen molar-refractivity contribution >= 4 is 38.9 Å². The number of aromatic nitrogens is 1. The average Bonchev–Trinajstić information content (AvgIpc) is 1.72. The van der Waals surface area contributed by atoms with Crippen LogP contribution in [0.15, 0.2) is 255 Å². The molecule has 12 aromatic carbocycles. The lowest BCUT2D eigenvalue weighted by Gasteiger charge is -2.37. The number of hydrogen-bond donors (Lipinski definition) is 0. The van der Waals surface area contributed by atoms with Crippen LogP contribution in [-0.2, 0) is 36.5 Å². The summed E-state index contributed by atoms with van der Waals surface area (Å²) in [6, 6.07) is 98.6. The van der Waals surface area contributed by atoms with Gasteiger partial charge in [-0.05, 0) is 232 Å². The summed E-state index contributed by atoms with van der Waals surface area (Å²) >= 11 is 0. The van der Waals surface area contributed by atoms with Crippen LogP contribution in [0.2, 0.25) is 0 Å². The number of aryl methyl sites for hydroxylation is 8. The molecular weight excluding hydrogens is 1010 g/mol. The minimum atomic E-state index is -0.643. The Labute approximate surface area is 492 Å². The number of anilines is 3. The zero-order chi connectivity index (χ0) is 56.0. The van der Waals surface area contributed by atoms with Crippen LogP contribution >= 0.6 is 0 Å². The van der Waals surface area contributed by atoms with E-state index in [1.54, 1.807) is 0 Å². The molecule has 0 spiro atoms. The van der Waals surface area contributed by atoms with Crippen molar-refractivity contribution in [2.75, 3.05) is 4.90 Å². The Hall–Kier alpha value is -9.76. The highest BCUT2D eigenvalue weighted by molar-refractivity contribution is 6.11. The minimum Gasteiger partial charge on any atom is -0.310 e. The number of fused-ring (bicyclic) bond motifs is 11. The predicted octanol–water partition coefficient (Wildman–Crippen LogP) is 20.1. The van der Waals surface area contributed by atoms with Gasteiger partial charge in [-0.1, -0.05) is 198 Å². The van der Waals surface area contributed by atoms with Crippen molar-refractivity contribution in [2.45, 2.75) is 64.2 Å². The van der Waals surface area contributed by atoms with Gasteiger partial charge in [0.05, 0.1) is 21.9 Å². The topological polar surface area (TPSA) is 8.17 Å². The third kappa shape index (κ3) is 7.04. The van der Waals surface area contributed by atoms with E-state index in [2.05, 4.69) is 292 Å². The summed E-state index contributed by atoms with van der Waals surface area (Å²) in [5.74, 6) is 0. The first-order valence-corrected chi connectivity index (χ1v) is 30.1. The Bertz CT molecular complexity index is 4720. The Morgan fingerprint density at radius 3 is 1.31 bits per heavy atom. The molecule has 0 radical (unpaired) electrons. The van der Waals surface area contributed by atoms with E-state index in [0.717, 1.165) is 35.6 Å². The molecule has 0 bridgehead atoms. The maximum Gasteiger partial charge on any atom is 0.0715 e. The maximum absolute atomic E-state index is 2.56. The molecule has 2 nitrogen and oxygen atoms in total. The molecule has 0 saturated heterocycles. The van der Waals surface area contributed by atoms with Crippen molar-refractivity contribution in [3.05, 3.63) is 344 Å². The number of benzene rings is 12. The van der Waals surface area contributed by atoms with Gasteiger partial charge in [0.1, 0.15) is 0 Å². The Morgan fingerprint density at radius 2 is 0.726 bits per heavy atom. The van der Waals surface area contributed by atoms with Gasteiger partial charge in [-0.25, -0.2) is 0 Å². The van der Waals surface area contributed by atoms with Gasteiger partial charge in [0, 0.05) is 33.5 Å². The lowest BCUT2D eigenvalue weighted by atomic mass is 9.65. The molecule has 4 aliphatic carbocycles. The summed E-state index contributed by atoms with van der Waals surface area (Å²) in [5, 5.41) is 2.51. The summed E-state index contributed by atoms with van der Waals surface area (Å²) in [5.41, 5.74) is 35.0. The van der Waals surface area contributed by atoms with Crippen LogP contribution in [0.5, 0.6) is 0 Å². The summed E-state index contributed by atoms with van der Waals surface area (Å²) in [6.07, 6.45) is 4.63. The highest BCUT2D eigenvalue weighted by atomic mass is 15.1. The van der Waals surface area contributed by atoms with Gasteiger partial charge < -0.3 is 9.47 Å². The maximum atomic E-state index is 2.56. The van der Waals surface area contributed by atoms with Crippen LogP contribution in [0.3, 0.4) is 0 Å². The fourth-order valence-corrected chi connectivity index (χ4v) is 15.4. The number of rotatable bonds is 9. The molecule has 0 atom stereocenters. The predicted molar refractivity (Wildman–Crippen MR) is 349 cm³/mol. The molecule has 0 saturated carbocycles. The van der Waals surface area contributed by atoms with E-state index in [1.165, 1.54) is 157 Å². The van der Waals surface area contributed by atoms with Crippen LogP contribution in [-0.4, -0.2) is 4.57 Å². The van der Waals surface area contributed by atoms with E-state index in [1.807, 2.05) is 0 Å². The van der Waals surface area contributed by atoms with Crippen LogP contribution in [0.1, 0.15) is 89.0 Å². The zero-order valence-corrected chi connectivity index (χ0v) is 48.0. The Kier molecular flexibility index (Phi) is 10.7. The molecule has 400 valence electrons. The Balaban J connectivity index is 0.855. The van der Waals surface area contributed by atoms with Crippen molar-refractivity contribution < 1.29 is 0 Å². The van der Waals surface area contributed by atoms with Crippen LogP contribution in [0.25, 0.3) is 60.9 Å². The summed E-state index contributed by atoms with van der Waals surface area (Å²) in [7, 11) is 0. The van der Waals surface area contributed by atoms with Gasteiger partial charge in [0.15, 0.2) is 0 Å². The minimum absolute atomic E-state index is 0.454. The fourth-order valence-electron chi connectivity index (χ4n) is 15.4. The molecule has 1 heterocycles. The lowest BCUT2D eigenvalue weighted by Crippen LogP contribution is -2.30. The van der Waals surface area contributed by atoms with Crippen molar-refractivity contribution in [1.82, 2.24) is 4.57 Å². The third-order valence-electron chi connectivity index (χ3n) is 19.8. The first-order valence-electron chi connectivity index (χ1n) is 30.1. The molecular formula is C82H62N2. The molecule has 84 heavy (non-hydrogen) atoms. The second kappa shape index (κ2) is 18.4. The molecule has 17 rings (SSSR count). The van der Waals surface area contributed by atoms with Crippen molar-refractivity contribution in [3.63, 3.8) is 0 Å². The van der Waals surface area contributed by atoms with Gasteiger partial charge in [-0.15, -0.1) is 0 Å². The van der Waals surface area contributed by atoms with Gasteiger partial charge in [0.2, 0.25) is 0 Å². The number of nitrogens with zero attached hydrogens (tertiary/aromatic N) is 2. The van der Waals surface area contributed by atoms with E-state index in [4.69, 9.17) is 0 Å². The van der Waals surface area contributed by atoms with Crippen molar-refractivity contribution in [1.29, 1.82) is 0 Å². The monoisotopic (exact) mass is 1070 g/mol. The Morgan fingerprint density at radius 1 is 0.298 bits per heavy atom. The average molecular weight is 1080 g/mol. The van der Waals surface area contributed by atoms with Gasteiger partial charge >= 0.3 is 0 Å². The lowest BCUT2D eigenvalue weighted by molar-refractivity contribution is 0.739. The highest BCUT2D eigenvalue weighted by Crippen LogP contribution is 2.60. The standard InChI is InChI=1S/C82H62N2/c1-51-15-31-65(32-16-51)83(66-33-17-52(2)18-34-66)67-35-39-71-72-40-36-68(50-78(72)81(77(71)49-67,61-11-7-5-8-12-61)62-13-9-6-10-14-62)84-79-41-20-53(3)43-73(79)74-47-59(28-42-80(74)84)60-27-38-70-69-37-19-54(4)44-75(69)82(76(70)48-60,63-29-25-55-21-23-57(55)45-63)64-30-26-56-22-24-58(56)46-64/h5-20,25-50H,21-24H2,1-4H3. The molecule has 2 heteroatoms. The molecule has 0 amide bonds. The SMILES string of the molecule is Cc1ccc(N(c2ccc(C)cc2)c2ccc3c(c2)C(c2ccccc2)(c2ccccc2)c2cc(-n4c5ccc(C)cc5c5cc(-c6ccc7c(c6)C(c6ccc8c(c6)CC8)(c6ccc8c(c6)CC8)c6cc(C)ccc6-7)ccc54)ccc2-3)cc1. The quantitative estimate of drug-likeness (QED) is 0.140. The second-order valence-electron chi connectivity index (χ2n) is 24.6. The normalized spacial score (nSPS) is 14.4. The largest absolute Gasteiger partial charge is 0.310 e. The highest BCUT2D eigenvalue weighted by Gasteiger charge is 2.49. The first-order chi connectivity index (χ1) is 41.2. The molecule has 13 aromatic rings. The van der Waals surface area contributed by atoms with E-state index in [0.29, 0.717) is 0 Å². The van der Waals surface area contributed by atoms with Gasteiger partial charge in [0.25, 0.3) is 0 Å². The summed E-state index contributed by atoms with van der Waals surface area (Å²) < 4.78 is 2.53. The first kappa shape index (κ1) is 48.9. The molecule has 0 fully saturated rings. The van der Waals surface area contributed by atoms with Crippen LogP contribution in [0, 0.1) is 27.7 Å². The van der Waals surface area contributed by atoms with Crippen molar-refractivity contribution in [2.24, 2.45) is 0 Å². The van der Waals surface area contributed by atoms with Crippen LogP contribution < -0.4 is 4.90 Å². The third-order valence-corrected chi connectivity index (χ3v) is 19.8. The molecule has 4 aliphatic rings. The summed E-state index contributed by atoms with van der Waals surface area (Å²) in [4.78, 5) is 2.42. The number of hydrogen-bond acceptors (Lipinski definition) is 1. The molecule has 0 unspecified atom stereocenters. The van der Waals surface area contributed by atoms with E-state index < -0.39 is 10.8 Å². The smallest absolute Gasteiger partial charge is 0.0715 e. The van der Waals surface area contributed by atoms with Crippen LogP contribution in [0.4, 0.5) is 17.1 Å². The fraction of sp³-hybridized carbons (Fsp3) is 0.122. The van der Waals surface area contributed by atoms with Gasteiger partial charge in [-0.3, -0.25) is 0 Å².